The van der Waals surface area contributed by atoms with Crippen molar-refractivity contribution >= 4 is 33.9 Å². The summed E-state index contributed by atoms with van der Waals surface area (Å²) in [7, 11) is 2.93. The molecule has 0 bridgehead atoms. The molecule has 3 aromatic rings. The Bertz CT molecular complexity index is 1260. The first-order valence-corrected chi connectivity index (χ1v) is 10.8. The molecule has 2 aromatic carbocycles. The minimum atomic E-state index is -1.04. The Hall–Kier alpha value is -3.72. The Balaban J connectivity index is 2.02. The lowest BCUT2D eigenvalue weighted by atomic mass is 9.94. The van der Waals surface area contributed by atoms with Gasteiger partial charge in [-0.3, -0.25) is 14.5 Å². The normalized spacial score (nSPS) is 17.5. The van der Waals surface area contributed by atoms with E-state index in [-0.39, 0.29) is 11.1 Å². The van der Waals surface area contributed by atoms with Crippen molar-refractivity contribution in [1.82, 2.24) is 4.98 Å². The number of carbonyl (C=O) groups is 2. The van der Waals surface area contributed by atoms with Crippen molar-refractivity contribution < 1.29 is 28.6 Å². The van der Waals surface area contributed by atoms with E-state index in [2.05, 4.69) is 4.98 Å². The number of halogens is 1. The maximum atomic E-state index is 13.4. The van der Waals surface area contributed by atoms with E-state index in [0.29, 0.717) is 22.2 Å². The first-order valence-electron chi connectivity index (χ1n) is 10.00. The molecule has 4 rings (SSSR count). The number of para-hydroxylation sites is 1. The number of ketones is 1. The van der Waals surface area contributed by atoms with Crippen molar-refractivity contribution in [3.8, 4) is 11.5 Å². The molecule has 170 valence electrons. The summed E-state index contributed by atoms with van der Waals surface area (Å²) in [6.07, 6.45) is 0. The minimum Gasteiger partial charge on any atom is -0.507 e. The van der Waals surface area contributed by atoms with Gasteiger partial charge in [0, 0.05) is 16.0 Å². The summed E-state index contributed by atoms with van der Waals surface area (Å²) in [6, 6.07) is 9.06. The molecular formula is C24H21FN2O5S. The molecule has 1 atom stereocenters. The van der Waals surface area contributed by atoms with E-state index in [1.54, 1.807) is 18.2 Å². The molecule has 1 N–H and O–H groups in total. The van der Waals surface area contributed by atoms with Gasteiger partial charge in [-0.05, 0) is 44.2 Å². The molecule has 33 heavy (non-hydrogen) atoms. The molecule has 7 nitrogen and oxygen atoms in total. The van der Waals surface area contributed by atoms with Crippen LogP contribution in [0.3, 0.4) is 0 Å². The molecule has 0 radical (unpaired) electrons. The zero-order valence-corrected chi connectivity index (χ0v) is 19.2. The number of aliphatic hydroxyl groups excluding tert-OH is 1. The first-order chi connectivity index (χ1) is 15.8. The van der Waals surface area contributed by atoms with Gasteiger partial charge in [0.2, 0.25) is 0 Å². The lowest BCUT2D eigenvalue weighted by Gasteiger charge is -2.25. The van der Waals surface area contributed by atoms with E-state index in [1.807, 2.05) is 13.8 Å². The van der Waals surface area contributed by atoms with Gasteiger partial charge in [0.15, 0.2) is 16.6 Å². The SMILES string of the molecule is COc1cccc([C@@H]2/C(=C(\O)c3ccc(F)cc3)C(=O)C(=O)N2c2nc(C)c(C)s2)c1OC. The van der Waals surface area contributed by atoms with Crippen molar-refractivity contribution in [1.29, 1.82) is 0 Å². The number of amides is 1. The van der Waals surface area contributed by atoms with Gasteiger partial charge in [-0.2, -0.15) is 0 Å². The highest BCUT2D eigenvalue weighted by Crippen LogP contribution is 2.48. The maximum absolute atomic E-state index is 13.4. The topological polar surface area (TPSA) is 89.0 Å². The van der Waals surface area contributed by atoms with Crippen LogP contribution in [-0.2, 0) is 9.59 Å². The Morgan fingerprint density at radius 3 is 2.36 bits per heavy atom. The highest BCUT2D eigenvalue weighted by molar-refractivity contribution is 7.16. The summed E-state index contributed by atoms with van der Waals surface area (Å²) in [5.74, 6) is -1.91. The molecule has 1 aliphatic rings. The number of carbonyl (C=O) groups excluding carboxylic acids is 2. The first kappa shape index (κ1) is 22.5. The number of anilines is 1. The summed E-state index contributed by atoms with van der Waals surface area (Å²) >= 11 is 1.27. The molecule has 1 aromatic heterocycles. The van der Waals surface area contributed by atoms with E-state index in [4.69, 9.17) is 9.47 Å². The number of aromatic nitrogens is 1. The predicted molar refractivity (Wildman–Crippen MR) is 122 cm³/mol. The number of ether oxygens (including phenoxy) is 2. The third-order valence-electron chi connectivity index (χ3n) is 5.51. The van der Waals surface area contributed by atoms with E-state index in [9.17, 15) is 19.1 Å². The second-order valence-corrected chi connectivity index (χ2v) is 8.58. The van der Waals surface area contributed by atoms with Crippen LogP contribution in [0.5, 0.6) is 11.5 Å². The lowest BCUT2D eigenvalue weighted by molar-refractivity contribution is -0.132. The Labute approximate surface area is 193 Å². The molecule has 2 heterocycles. The highest BCUT2D eigenvalue weighted by Gasteiger charge is 2.49. The van der Waals surface area contributed by atoms with Crippen molar-refractivity contribution in [3.63, 3.8) is 0 Å². The third-order valence-corrected chi connectivity index (χ3v) is 6.59. The Kier molecular flexibility index (Phi) is 5.90. The molecule has 1 fully saturated rings. The average molecular weight is 469 g/mol. The number of rotatable bonds is 5. The Morgan fingerprint density at radius 1 is 1.09 bits per heavy atom. The zero-order chi connectivity index (χ0) is 23.9. The number of benzene rings is 2. The molecular weight excluding hydrogens is 447 g/mol. The van der Waals surface area contributed by atoms with E-state index >= 15 is 0 Å². The van der Waals surface area contributed by atoms with Gasteiger partial charge in [0.05, 0.1) is 25.5 Å². The Morgan fingerprint density at radius 2 is 1.79 bits per heavy atom. The van der Waals surface area contributed by atoms with Crippen LogP contribution in [0.2, 0.25) is 0 Å². The van der Waals surface area contributed by atoms with Crippen LogP contribution in [0.1, 0.15) is 27.7 Å². The molecule has 0 saturated carbocycles. The monoisotopic (exact) mass is 468 g/mol. The molecule has 0 aliphatic carbocycles. The number of thiazole rings is 1. The second kappa shape index (κ2) is 8.67. The summed E-state index contributed by atoms with van der Waals surface area (Å²) < 4.78 is 24.4. The number of hydrogen-bond donors (Lipinski definition) is 1. The predicted octanol–water partition coefficient (Wildman–Crippen LogP) is 4.54. The number of methoxy groups -OCH3 is 2. The molecule has 1 saturated heterocycles. The van der Waals surface area contributed by atoms with Gasteiger partial charge >= 0.3 is 5.91 Å². The lowest BCUT2D eigenvalue weighted by Crippen LogP contribution is -2.29. The van der Waals surface area contributed by atoms with Crippen molar-refractivity contribution in [2.24, 2.45) is 0 Å². The summed E-state index contributed by atoms with van der Waals surface area (Å²) in [5, 5.41) is 11.4. The van der Waals surface area contributed by atoms with Gasteiger partial charge in [-0.25, -0.2) is 9.37 Å². The molecule has 0 unspecified atom stereocenters. The van der Waals surface area contributed by atoms with Crippen LogP contribution >= 0.6 is 11.3 Å². The van der Waals surface area contributed by atoms with Gasteiger partial charge in [0.25, 0.3) is 5.78 Å². The summed E-state index contributed by atoms with van der Waals surface area (Å²) in [4.78, 5) is 33.1. The number of aliphatic hydroxyl groups is 1. The molecule has 1 amide bonds. The second-order valence-electron chi connectivity index (χ2n) is 7.40. The van der Waals surface area contributed by atoms with Gasteiger partial charge in [-0.15, -0.1) is 11.3 Å². The van der Waals surface area contributed by atoms with Gasteiger partial charge in [0.1, 0.15) is 17.6 Å². The van der Waals surface area contributed by atoms with Gasteiger partial charge < -0.3 is 14.6 Å². The van der Waals surface area contributed by atoms with Crippen LogP contribution in [0.4, 0.5) is 9.52 Å². The number of aryl methyl sites for hydroxylation is 2. The molecule has 1 aliphatic heterocycles. The van der Waals surface area contributed by atoms with Crippen LogP contribution < -0.4 is 14.4 Å². The van der Waals surface area contributed by atoms with Crippen molar-refractivity contribution in [2.45, 2.75) is 19.9 Å². The summed E-state index contributed by atoms with van der Waals surface area (Å²) in [6.45, 7) is 3.68. The molecule has 0 spiro atoms. The van der Waals surface area contributed by atoms with Crippen LogP contribution in [0, 0.1) is 19.7 Å². The number of nitrogens with zero attached hydrogens (tertiary/aromatic N) is 2. The number of Topliss-reactive ketones (excluding diaryl/α,β-unsaturated/α-hetero) is 1. The standard InChI is InChI=1S/C24H21FN2O5S/c1-12-13(2)33-24(26-12)27-19(16-6-5-7-17(31-3)22(16)32-4)18(21(29)23(27)30)20(28)14-8-10-15(25)11-9-14/h5-11,19,28H,1-4H3/b20-18+/t19-/m1/s1. The van der Waals surface area contributed by atoms with Crippen LogP contribution in [0.25, 0.3) is 5.76 Å². The van der Waals surface area contributed by atoms with Crippen LogP contribution in [-0.4, -0.2) is 36.0 Å². The van der Waals surface area contributed by atoms with Gasteiger partial charge in [-0.1, -0.05) is 12.1 Å². The molecule has 9 heteroatoms. The number of hydrogen-bond acceptors (Lipinski definition) is 7. The average Bonchev–Trinajstić information content (AvgIpc) is 3.28. The van der Waals surface area contributed by atoms with E-state index in [1.165, 1.54) is 54.7 Å². The van der Waals surface area contributed by atoms with E-state index < -0.39 is 29.3 Å². The fourth-order valence-electron chi connectivity index (χ4n) is 3.77. The minimum absolute atomic E-state index is 0.149. The maximum Gasteiger partial charge on any atom is 0.301 e. The smallest absolute Gasteiger partial charge is 0.301 e. The zero-order valence-electron chi connectivity index (χ0n) is 18.4. The third kappa shape index (κ3) is 3.74. The quantitative estimate of drug-likeness (QED) is 0.336. The fourth-order valence-corrected chi connectivity index (χ4v) is 4.71. The van der Waals surface area contributed by atoms with Crippen molar-refractivity contribution in [3.05, 3.63) is 75.6 Å². The van der Waals surface area contributed by atoms with Crippen molar-refractivity contribution in [2.75, 3.05) is 19.1 Å². The fraction of sp³-hybridized carbons (Fsp3) is 0.208. The highest BCUT2D eigenvalue weighted by atomic mass is 32.1. The largest absolute Gasteiger partial charge is 0.507 e. The summed E-state index contributed by atoms with van der Waals surface area (Å²) in [5.41, 5.74) is 1.22. The van der Waals surface area contributed by atoms with Crippen LogP contribution in [0.15, 0.2) is 48.0 Å². The van der Waals surface area contributed by atoms with E-state index in [0.717, 1.165) is 10.6 Å².